The second-order valence-electron chi connectivity index (χ2n) is 7.05. The van der Waals surface area contributed by atoms with Gasteiger partial charge in [0.1, 0.15) is 0 Å². The molecule has 0 unspecified atom stereocenters. The van der Waals surface area contributed by atoms with E-state index in [2.05, 4.69) is 5.10 Å². The largest absolute Gasteiger partial charge is 0.457 e. The number of nitrogens with zero attached hydrogens (tertiary/aromatic N) is 2. The van der Waals surface area contributed by atoms with Gasteiger partial charge in [0.15, 0.2) is 12.4 Å². The number of hydrogen-bond acceptors (Lipinski definition) is 4. The van der Waals surface area contributed by atoms with E-state index in [1.807, 2.05) is 43.8 Å². The Hall–Kier alpha value is -2.43. The van der Waals surface area contributed by atoms with Crippen molar-refractivity contribution in [3.8, 4) is 0 Å². The van der Waals surface area contributed by atoms with Crippen LogP contribution in [0.3, 0.4) is 0 Å². The number of benzene rings is 1. The van der Waals surface area contributed by atoms with E-state index in [9.17, 15) is 9.59 Å². The van der Waals surface area contributed by atoms with Crippen molar-refractivity contribution in [3.63, 3.8) is 0 Å². The third-order valence-corrected chi connectivity index (χ3v) is 5.27. The van der Waals surface area contributed by atoms with E-state index in [1.165, 1.54) is 24.0 Å². The van der Waals surface area contributed by atoms with Gasteiger partial charge in [-0.2, -0.15) is 5.10 Å². The molecule has 0 radical (unpaired) electrons. The Balaban J connectivity index is 1.52. The minimum Gasteiger partial charge on any atom is -0.457 e. The highest BCUT2D eigenvalue weighted by Gasteiger charge is 2.16. The van der Waals surface area contributed by atoms with E-state index in [1.54, 1.807) is 0 Å². The molecule has 0 fully saturated rings. The molecule has 1 aliphatic carbocycles. The molecule has 0 aliphatic heterocycles. The number of ether oxygens (including phenoxy) is 1. The van der Waals surface area contributed by atoms with Crippen LogP contribution in [-0.4, -0.2) is 28.1 Å². The first-order valence-electron chi connectivity index (χ1n) is 9.25. The minimum atomic E-state index is -0.348. The van der Waals surface area contributed by atoms with Crippen molar-refractivity contribution in [2.75, 3.05) is 6.61 Å². The molecule has 0 saturated carbocycles. The maximum absolute atomic E-state index is 12.3. The first-order chi connectivity index (χ1) is 12.5. The zero-order chi connectivity index (χ0) is 18.7. The van der Waals surface area contributed by atoms with Gasteiger partial charge in [0, 0.05) is 24.7 Å². The summed E-state index contributed by atoms with van der Waals surface area (Å²) in [6, 6.07) is 5.85. The fourth-order valence-corrected chi connectivity index (χ4v) is 3.61. The molecule has 1 aliphatic rings. The maximum Gasteiger partial charge on any atom is 0.306 e. The van der Waals surface area contributed by atoms with Gasteiger partial charge in [-0.15, -0.1) is 0 Å². The highest BCUT2D eigenvalue weighted by Crippen LogP contribution is 2.22. The zero-order valence-electron chi connectivity index (χ0n) is 15.8. The number of fused-ring (bicyclic) bond motifs is 1. The van der Waals surface area contributed by atoms with Crippen LogP contribution in [0.1, 0.15) is 57.7 Å². The summed E-state index contributed by atoms with van der Waals surface area (Å²) in [7, 11) is 1.89. The van der Waals surface area contributed by atoms with E-state index in [4.69, 9.17) is 4.74 Å². The summed E-state index contributed by atoms with van der Waals surface area (Å²) in [6.45, 7) is 3.73. The third kappa shape index (κ3) is 4.03. The monoisotopic (exact) mass is 354 g/mol. The van der Waals surface area contributed by atoms with Crippen molar-refractivity contribution in [1.82, 2.24) is 9.78 Å². The predicted molar refractivity (Wildman–Crippen MR) is 99.4 cm³/mol. The Bertz CT molecular complexity index is 836. The molecular formula is C21H26N2O3. The molecule has 0 N–H and O–H groups in total. The average Bonchev–Trinajstić information content (AvgIpc) is 2.89. The first kappa shape index (κ1) is 18.4. The molecule has 0 spiro atoms. The molecule has 2 aromatic rings. The number of aromatic nitrogens is 2. The molecule has 26 heavy (non-hydrogen) atoms. The predicted octanol–water partition coefficient (Wildman–Crippen LogP) is 3.27. The number of Topliss-reactive ketones (excluding diaryl/α,β-unsaturated/α-hetero) is 1. The summed E-state index contributed by atoms with van der Waals surface area (Å²) in [5.41, 5.74) is 6.30. The topological polar surface area (TPSA) is 61.2 Å². The smallest absolute Gasteiger partial charge is 0.306 e. The average molecular weight is 354 g/mol. The quantitative estimate of drug-likeness (QED) is 0.590. The van der Waals surface area contributed by atoms with Crippen molar-refractivity contribution in [1.29, 1.82) is 0 Å². The van der Waals surface area contributed by atoms with Crippen LogP contribution in [0.15, 0.2) is 18.2 Å². The lowest BCUT2D eigenvalue weighted by molar-refractivity contribution is -0.142. The lowest BCUT2D eigenvalue weighted by Crippen LogP contribution is -2.15. The fraction of sp³-hybridized carbons (Fsp3) is 0.476. The van der Waals surface area contributed by atoms with E-state index in [0.29, 0.717) is 12.0 Å². The Morgan fingerprint density at radius 3 is 2.58 bits per heavy atom. The highest BCUT2D eigenvalue weighted by molar-refractivity contribution is 5.98. The van der Waals surface area contributed by atoms with Crippen LogP contribution in [0, 0.1) is 13.8 Å². The fourth-order valence-electron chi connectivity index (χ4n) is 3.61. The number of esters is 1. The summed E-state index contributed by atoms with van der Waals surface area (Å²) in [6.07, 6.45) is 5.34. The second-order valence-corrected chi connectivity index (χ2v) is 7.05. The molecule has 3 rings (SSSR count). The number of ketones is 1. The number of rotatable bonds is 6. The van der Waals surface area contributed by atoms with Gasteiger partial charge in [0.2, 0.25) is 0 Å². The lowest BCUT2D eigenvalue weighted by atomic mass is 9.90. The summed E-state index contributed by atoms with van der Waals surface area (Å²) in [5.74, 6) is -0.487. The lowest BCUT2D eigenvalue weighted by Gasteiger charge is -2.16. The summed E-state index contributed by atoms with van der Waals surface area (Å²) in [4.78, 5) is 24.3. The highest BCUT2D eigenvalue weighted by atomic mass is 16.5. The van der Waals surface area contributed by atoms with Gasteiger partial charge in [-0.05, 0) is 68.7 Å². The van der Waals surface area contributed by atoms with Gasteiger partial charge in [-0.25, -0.2) is 0 Å². The van der Waals surface area contributed by atoms with Crippen molar-refractivity contribution in [2.45, 2.75) is 52.4 Å². The molecular weight excluding hydrogens is 328 g/mol. The van der Waals surface area contributed by atoms with Crippen molar-refractivity contribution < 1.29 is 14.3 Å². The van der Waals surface area contributed by atoms with Gasteiger partial charge in [-0.3, -0.25) is 14.3 Å². The summed E-state index contributed by atoms with van der Waals surface area (Å²) in [5, 5.41) is 4.35. The van der Waals surface area contributed by atoms with Crippen LogP contribution in [-0.2, 0) is 35.8 Å². The SMILES string of the molecule is Cc1nn(C)c(C)c1CCC(=O)OCC(=O)c1ccc2c(c1)CCCC2. The van der Waals surface area contributed by atoms with Crippen LogP contribution < -0.4 is 0 Å². The Morgan fingerprint density at radius 2 is 1.88 bits per heavy atom. The van der Waals surface area contributed by atoms with Crippen LogP contribution in [0.5, 0.6) is 0 Å². The number of hydrogen-bond donors (Lipinski definition) is 0. The zero-order valence-corrected chi connectivity index (χ0v) is 15.8. The Morgan fingerprint density at radius 1 is 1.15 bits per heavy atom. The Labute approximate surface area is 154 Å². The van der Waals surface area contributed by atoms with Crippen LogP contribution in [0.4, 0.5) is 0 Å². The Kier molecular flexibility index (Phi) is 5.55. The molecule has 0 amide bonds. The molecule has 0 atom stereocenters. The molecule has 0 saturated heterocycles. The summed E-state index contributed by atoms with van der Waals surface area (Å²) >= 11 is 0. The normalized spacial score (nSPS) is 13.3. The number of carbonyl (C=O) groups is 2. The molecule has 1 aromatic heterocycles. The second kappa shape index (κ2) is 7.85. The van der Waals surface area contributed by atoms with Gasteiger partial charge < -0.3 is 4.74 Å². The molecule has 5 heteroatoms. The summed E-state index contributed by atoms with van der Waals surface area (Å²) < 4.78 is 7.01. The van der Waals surface area contributed by atoms with Crippen LogP contribution in [0.2, 0.25) is 0 Å². The van der Waals surface area contributed by atoms with Crippen LogP contribution >= 0.6 is 0 Å². The number of aryl methyl sites for hydroxylation is 4. The van der Waals surface area contributed by atoms with Gasteiger partial charge in [-0.1, -0.05) is 12.1 Å². The van der Waals surface area contributed by atoms with E-state index >= 15 is 0 Å². The molecule has 5 nitrogen and oxygen atoms in total. The van der Waals surface area contributed by atoms with Gasteiger partial charge in [0.05, 0.1) is 5.69 Å². The maximum atomic E-state index is 12.3. The minimum absolute atomic E-state index is 0.138. The van der Waals surface area contributed by atoms with Crippen molar-refractivity contribution in [2.24, 2.45) is 7.05 Å². The van der Waals surface area contributed by atoms with Crippen molar-refractivity contribution >= 4 is 11.8 Å². The van der Waals surface area contributed by atoms with E-state index < -0.39 is 0 Å². The first-order valence-corrected chi connectivity index (χ1v) is 9.25. The molecule has 1 heterocycles. The molecule has 1 aromatic carbocycles. The van der Waals surface area contributed by atoms with Gasteiger partial charge in [0.25, 0.3) is 0 Å². The molecule has 138 valence electrons. The van der Waals surface area contributed by atoms with Gasteiger partial charge >= 0.3 is 5.97 Å². The standard InChI is InChI=1S/C21H26N2O3/c1-14-19(15(2)23(3)22-14)10-11-21(25)26-13-20(24)18-9-8-16-6-4-5-7-17(16)12-18/h8-9,12H,4-7,10-11,13H2,1-3H3. The van der Waals surface area contributed by atoms with E-state index in [0.717, 1.165) is 29.8 Å². The van der Waals surface area contributed by atoms with Crippen molar-refractivity contribution in [3.05, 3.63) is 51.8 Å². The third-order valence-electron chi connectivity index (χ3n) is 5.27. The number of carbonyl (C=O) groups excluding carboxylic acids is 2. The van der Waals surface area contributed by atoms with Crippen LogP contribution in [0.25, 0.3) is 0 Å². The molecule has 0 bridgehead atoms. The van der Waals surface area contributed by atoms with E-state index in [-0.39, 0.29) is 24.8 Å².